The van der Waals surface area contributed by atoms with Gasteiger partial charge < -0.3 is 0 Å². The van der Waals surface area contributed by atoms with Crippen LogP contribution in [0.1, 0.15) is 21.6 Å². The molecular formula is C12H7Cl2F3N2O. The van der Waals surface area contributed by atoms with E-state index in [-0.39, 0.29) is 18.0 Å². The summed E-state index contributed by atoms with van der Waals surface area (Å²) in [6.07, 6.45) is -4.69. The van der Waals surface area contributed by atoms with Crippen LogP contribution in [0.5, 0.6) is 0 Å². The van der Waals surface area contributed by atoms with Gasteiger partial charge in [0.2, 0.25) is 0 Å². The number of carbonyl (C=O) groups excluding carboxylic acids is 1. The van der Waals surface area contributed by atoms with Crippen molar-refractivity contribution in [2.24, 2.45) is 0 Å². The maximum absolute atomic E-state index is 12.7. The van der Waals surface area contributed by atoms with Crippen molar-refractivity contribution in [1.82, 2.24) is 9.78 Å². The Morgan fingerprint density at radius 2 is 2.00 bits per heavy atom. The van der Waals surface area contributed by atoms with Gasteiger partial charge in [0.1, 0.15) is 5.15 Å². The smallest absolute Gasteiger partial charge is 0.298 e. The summed E-state index contributed by atoms with van der Waals surface area (Å²) in [5.74, 6) is 0. The average Bonchev–Trinajstić information content (AvgIpc) is 2.66. The second-order valence-electron chi connectivity index (χ2n) is 3.96. The monoisotopic (exact) mass is 322 g/mol. The third kappa shape index (κ3) is 2.96. The average molecular weight is 323 g/mol. The van der Waals surface area contributed by atoms with Crippen LogP contribution in [-0.4, -0.2) is 16.1 Å². The van der Waals surface area contributed by atoms with E-state index in [9.17, 15) is 18.0 Å². The van der Waals surface area contributed by atoms with Crippen molar-refractivity contribution < 1.29 is 18.0 Å². The molecule has 0 fully saturated rings. The Kier molecular flexibility index (Phi) is 4.06. The van der Waals surface area contributed by atoms with E-state index in [0.29, 0.717) is 10.6 Å². The Balaban J connectivity index is 2.43. The van der Waals surface area contributed by atoms with Crippen LogP contribution in [-0.2, 0) is 12.7 Å². The summed E-state index contributed by atoms with van der Waals surface area (Å²) in [7, 11) is 0. The molecule has 0 aliphatic carbocycles. The first-order valence-corrected chi connectivity index (χ1v) is 6.11. The molecule has 0 bridgehead atoms. The highest BCUT2D eigenvalue weighted by molar-refractivity contribution is 6.32. The van der Waals surface area contributed by atoms with Gasteiger partial charge in [-0.2, -0.15) is 18.3 Å². The van der Waals surface area contributed by atoms with Crippen molar-refractivity contribution in [1.29, 1.82) is 0 Å². The first kappa shape index (κ1) is 14.9. The quantitative estimate of drug-likeness (QED) is 0.798. The normalized spacial score (nSPS) is 11.7. The highest BCUT2D eigenvalue weighted by atomic mass is 35.5. The molecule has 0 aliphatic rings. The van der Waals surface area contributed by atoms with Gasteiger partial charge in [0.05, 0.1) is 12.1 Å². The zero-order chi connectivity index (χ0) is 14.9. The second-order valence-corrected chi connectivity index (χ2v) is 4.75. The number of hydrogen-bond donors (Lipinski definition) is 0. The highest BCUT2D eigenvalue weighted by Crippen LogP contribution is 2.33. The predicted octanol–water partition coefficient (Wildman–Crippen LogP) is 4.07. The number of nitrogens with zero attached hydrogens (tertiary/aromatic N) is 2. The number of alkyl halides is 3. The van der Waals surface area contributed by atoms with Gasteiger partial charge in [0, 0.05) is 5.02 Å². The number of hydrogen-bond acceptors (Lipinski definition) is 2. The van der Waals surface area contributed by atoms with Gasteiger partial charge in [-0.1, -0.05) is 35.3 Å². The van der Waals surface area contributed by atoms with E-state index in [0.717, 1.165) is 4.68 Å². The van der Waals surface area contributed by atoms with E-state index < -0.39 is 17.4 Å². The maximum atomic E-state index is 12.7. The largest absolute Gasteiger partial charge is 0.435 e. The summed E-state index contributed by atoms with van der Waals surface area (Å²) < 4.78 is 39.1. The van der Waals surface area contributed by atoms with E-state index >= 15 is 0 Å². The van der Waals surface area contributed by atoms with Crippen LogP contribution in [0.2, 0.25) is 10.2 Å². The third-order valence-electron chi connectivity index (χ3n) is 2.53. The van der Waals surface area contributed by atoms with Crippen molar-refractivity contribution in [3.63, 3.8) is 0 Å². The molecular weight excluding hydrogens is 316 g/mol. The van der Waals surface area contributed by atoms with Crippen LogP contribution in [0, 0.1) is 0 Å². The number of carbonyl (C=O) groups is 1. The Hall–Kier alpha value is -1.53. The van der Waals surface area contributed by atoms with Gasteiger partial charge in [-0.25, -0.2) is 4.68 Å². The second kappa shape index (κ2) is 5.46. The van der Waals surface area contributed by atoms with E-state index in [1.54, 1.807) is 24.3 Å². The number of aldehydes is 1. The predicted molar refractivity (Wildman–Crippen MR) is 68.2 cm³/mol. The third-order valence-corrected chi connectivity index (χ3v) is 3.17. The molecule has 0 amide bonds. The molecule has 0 saturated carbocycles. The van der Waals surface area contributed by atoms with E-state index in [4.69, 9.17) is 23.2 Å². The molecule has 0 spiro atoms. The Labute approximate surface area is 121 Å². The summed E-state index contributed by atoms with van der Waals surface area (Å²) in [5, 5.41) is 3.45. The van der Waals surface area contributed by atoms with Crippen molar-refractivity contribution in [3.05, 3.63) is 51.3 Å². The van der Waals surface area contributed by atoms with Gasteiger partial charge in [0.15, 0.2) is 12.0 Å². The molecule has 0 atom stereocenters. The number of rotatable bonds is 3. The Bertz CT molecular complexity index is 653. The minimum absolute atomic E-state index is 0.0175. The lowest BCUT2D eigenvalue weighted by atomic mass is 10.2. The molecule has 106 valence electrons. The first-order valence-electron chi connectivity index (χ1n) is 5.36. The number of halogens is 5. The molecule has 0 radical (unpaired) electrons. The van der Waals surface area contributed by atoms with Crippen molar-refractivity contribution >= 4 is 29.5 Å². The van der Waals surface area contributed by atoms with Crippen molar-refractivity contribution in [2.45, 2.75) is 12.7 Å². The van der Waals surface area contributed by atoms with Crippen LogP contribution in [0.15, 0.2) is 24.3 Å². The van der Waals surface area contributed by atoms with Gasteiger partial charge in [0.25, 0.3) is 0 Å². The van der Waals surface area contributed by atoms with Crippen molar-refractivity contribution in [3.8, 4) is 0 Å². The Morgan fingerprint density at radius 1 is 1.30 bits per heavy atom. The fourth-order valence-corrected chi connectivity index (χ4v) is 2.13. The molecule has 1 aromatic carbocycles. The van der Waals surface area contributed by atoms with Gasteiger partial charge >= 0.3 is 6.18 Å². The highest BCUT2D eigenvalue weighted by Gasteiger charge is 2.39. The molecule has 0 aliphatic heterocycles. The summed E-state index contributed by atoms with van der Waals surface area (Å²) in [5.41, 5.74) is -1.34. The fourth-order valence-electron chi connectivity index (χ4n) is 1.68. The fraction of sp³-hybridized carbons (Fsp3) is 0.167. The van der Waals surface area contributed by atoms with Gasteiger partial charge in [-0.05, 0) is 17.7 Å². The number of benzene rings is 1. The minimum atomic E-state index is -4.74. The Morgan fingerprint density at radius 3 is 2.50 bits per heavy atom. The summed E-state index contributed by atoms with van der Waals surface area (Å²) in [4.78, 5) is 10.8. The lowest BCUT2D eigenvalue weighted by molar-refractivity contribution is -0.141. The van der Waals surface area contributed by atoms with E-state index in [1.165, 1.54) is 0 Å². The molecule has 8 heteroatoms. The van der Waals surface area contributed by atoms with Gasteiger partial charge in [-0.15, -0.1) is 0 Å². The van der Waals surface area contributed by atoms with E-state index in [1.807, 2.05) is 0 Å². The zero-order valence-electron chi connectivity index (χ0n) is 9.79. The molecule has 0 unspecified atom stereocenters. The van der Waals surface area contributed by atoms with Crippen LogP contribution in [0.3, 0.4) is 0 Å². The molecule has 0 N–H and O–H groups in total. The summed E-state index contributed by atoms with van der Waals surface area (Å²) in [6.45, 7) is -0.0175. The van der Waals surface area contributed by atoms with Gasteiger partial charge in [-0.3, -0.25) is 4.79 Å². The van der Waals surface area contributed by atoms with Crippen LogP contribution < -0.4 is 0 Å². The SMILES string of the molecule is O=Cc1c(C(F)(F)F)nn(Cc2cccc(Cl)c2)c1Cl. The summed E-state index contributed by atoms with van der Waals surface area (Å²) >= 11 is 11.5. The molecule has 3 nitrogen and oxygen atoms in total. The van der Waals surface area contributed by atoms with Crippen LogP contribution in [0.25, 0.3) is 0 Å². The first-order chi connectivity index (χ1) is 9.32. The lowest BCUT2D eigenvalue weighted by Gasteiger charge is -2.04. The van der Waals surface area contributed by atoms with Crippen LogP contribution in [0.4, 0.5) is 13.2 Å². The topological polar surface area (TPSA) is 34.9 Å². The number of aromatic nitrogens is 2. The molecule has 2 aromatic rings. The molecule has 1 heterocycles. The molecule has 1 aromatic heterocycles. The van der Waals surface area contributed by atoms with E-state index in [2.05, 4.69) is 5.10 Å². The minimum Gasteiger partial charge on any atom is -0.298 e. The van der Waals surface area contributed by atoms with Crippen LogP contribution >= 0.6 is 23.2 Å². The summed E-state index contributed by atoms with van der Waals surface area (Å²) in [6, 6.07) is 6.53. The molecule has 20 heavy (non-hydrogen) atoms. The molecule has 2 rings (SSSR count). The molecule has 0 saturated heterocycles. The zero-order valence-corrected chi connectivity index (χ0v) is 11.3. The standard InChI is InChI=1S/C12H7Cl2F3N2O/c13-8-3-1-2-7(4-8)5-19-11(14)9(6-20)10(18-19)12(15,16)17/h1-4,6H,5H2. The lowest BCUT2D eigenvalue weighted by Crippen LogP contribution is -2.10. The van der Waals surface area contributed by atoms with Crippen molar-refractivity contribution in [2.75, 3.05) is 0 Å². The maximum Gasteiger partial charge on any atom is 0.435 e.